The van der Waals surface area contributed by atoms with Gasteiger partial charge in [-0.05, 0) is 47.6 Å². The summed E-state index contributed by atoms with van der Waals surface area (Å²) < 4.78 is 17.4. The van der Waals surface area contributed by atoms with Crippen molar-refractivity contribution >= 4 is 23.3 Å². The molecule has 1 N–H and O–H groups in total. The van der Waals surface area contributed by atoms with Crippen molar-refractivity contribution in [1.82, 2.24) is 19.8 Å². The zero-order chi connectivity index (χ0) is 21.6. The fourth-order valence-electron chi connectivity index (χ4n) is 4.03. The summed E-state index contributed by atoms with van der Waals surface area (Å²) in [6, 6.07) is 14.4. The Morgan fingerprint density at radius 3 is 2.45 bits per heavy atom. The second kappa shape index (κ2) is 9.78. The van der Waals surface area contributed by atoms with E-state index >= 15 is 0 Å². The van der Waals surface area contributed by atoms with Crippen molar-refractivity contribution in [3.8, 4) is 0 Å². The van der Waals surface area contributed by atoms with E-state index in [-0.39, 0.29) is 23.6 Å². The maximum atomic E-state index is 13.6. The highest BCUT2D eigenvalue weighted by molar-refractivity contribution is 7.03. The molecule has 4 rings (SSSR count). The molecule has 6 nitrogen and oxygen atoms in total. The van der Waals surface area contributed by atoms with Gasteiger partial charge in [0, 0.05) is 18.0 Å². The summed E-state index contributed by atoms with van der Waals surface area (Å²) in [5.74, 6) is -1.03. The molecule has 3 aromatic rings. The quantitative estimate of drug-likeness (QED) is 0.602. The van der Waals surface area contributed by atoms with Crippen LogP contribution < -0.4 is 5.32 Å². The lowest BCUT2D eigenvalue weighted by Gasteiger charge is -2.35. The largest absolute Gasteiger partial charge is 0.350 e. The van der Waals surface area contributed by atoms with Gasteiger partial charge in [-0.3, -0.25) is 9.59 Å². The summed E-state index contributed by atoms with van der Waals surface area (Å²) >= 11 is 1.09. The van der Waals surface area contributed by atoms with E-state index in [0.29, 0.717) is 12.1 Å². The number of hydrogen-bond acceptors (Lipinski definition) is 5. The van der Waals surface area contributed by atoms with Crippen LogP contribution in [0.3, 0.4) is 0 Å². The number of carbonyl (C=O) groups excluding carboxylic acids is 2. The van der Waals surface area contributed by atoms with E-state index in [1.165, 1.54) is 12.1 Å². The van der Waals surface area contributed by atoms with Gasteiger partial charge in [0.1, 0.15) is 11.9 Å². The number of nitrogens with zero attached hydrogens (tertiary/aromatic N) is 3. The van der Waals surface area contributed by atoms with Crippen molar-refractivity contribution in [2.45, 2.75) is 44.3 Å². The summed E-state index contributed by atoms with van der Waals surface area (Å²) in [4.78, 5) is 28.5. The average Bonchev–Trinajstić information content (AvgIpc) is 3.51. The van der Waals surface area contributed by atoms with Crippen LogP contribution in [0.25, 0.3) is 0 Å². The first kappa shape index (κ1) is 21.1. The van der Waals surface area contributed by atoms with Crippen LogP contribution in [-0.4, -0.2) is 32.3 Å². The monoisotopic (exact) mass is 438 g/mol. The van der Waals surface area contributed by atoms with Gasteiger partial charge in [0.05, 0.1) is 0 Å². The zero-order valence-corrected chi connectivity index (χ0v) is 17.7. The lowest BCUT2D eigenvalue weighted by atomic mass is 10.0. The number of nitrogens with one attached hydrogen (secondary N) is 1. The summed E-state index contributed by atoms with van der Waals surface area (Å²) in [6.07, 6.45) is 3.61. The number of benzene rings is 2. The van der Waals surface area contributed by atoms with E-state index in [2.05, 4.69) is 14.9 Å². The molecule has 2 amide bonds. The Labute approximate surface area is 184 Å². The van der Waals surface area contributed by atoms with Crippen LogP contribution in [0.4, 0.5) is 4.39 Å². The molecular formula is C23H23FN4O2S. The predicted octanol–water partition coefficient (Wildman–Crippen LogP) is 4.12. The van der Waals surface area contributed by atoms with Gasteiger partial charge in [-0.2, -0.15) is 0 Å². The van der Waals surface area contributed by atoms with Crippen LogP contribution >= 0.6 is 11.5 Å². The number of rotatable bonds is 7. The van der Waals surface area contributed by atoms with Crippen molar-refractivity contribution in [3.63, 3.8) is 0 Å². The standard InChI is InChI=1S/C23H23FN4O2S/c24-18-12-10-17(11-13-18)21(22(29)25-14-16-6-2-1-3-7-16)28(19-8-4-5-9-19)23(30)20-15-31-27-26-20/h1-3,6-7,10-13,15,19,21H,4-5,8-9,14H2,(H,25,29)/t21-/m1/s1. The SMILES string of the molecule is O=C(NCc1ccccc1)[C@@H](c1ccc(F)cc1)N(C(=O)c1csnn1)C1CCCC1. The molecule has 1 fully saturated rings. The average molecular weight is 439 g/mol. The molecule has 1 atom stereocenters. The maximum Gasteiger partial charge on any atom is 0.276 e. The van der Waals surface area contributed by atoms with Crippen molar-refractivity contribution in [3.05, 3.63) is 82.6 Å². The first-order valence-electron chi connectivity index (χ1n) is 10.3. The van der Waals surface area contributed by atoms with E-state index in [1.807, 2.05) is 30.3 Å². The summed E-state index contributed by atoms with van der Waals surface area (Å²) in [5.41, 5.74) is 1.74. The molecule has 1 aromatic heterocycles. The third-order valence-corrected chi connectivity index (χ3v) is 6.06. The van der Waals surface area contributed by atoms with E-state index in [0.717, 1.165) is 42.8 Å². The molecule has 0 aliphatic heterocycles. The molecule has 0 saturated heterocycles. The minimum atomic E-state index is -0.887. The molecule has 1 aliphatic rings. The Hall–Kier alpha value is -3.13. The fourth-order valence-corrected chi connectivity index (χ4v) is 4.46. The van der Waals surface area contributed by atoms with Gasteiger partial charge in [-0.15, -0.1) is 5.10 Å². The molecular weight excluding hydrogens is 415 g/mol. The van der Waals surface area contributed by atoms with Crippen molar-refractivity contribution in [2.24, 2.45) is 0 Å². The van der Waals surface area contributed by atoms with Crippen LogP contribution in [-0.2, 0) is 11.3 Å². The number of aromatic nitrogens is 2. The number of halogens is 1. The zero-order valence-electron chi connectivity index (χ0n) is 16.9. The van der Waals surface area contributed by atoms with Gasteiger partial charge in [-0.25, -0.2) is 4.39 Å². The van der Waals surface area contributed by atoms with E-state index in [9.17, 15) is 14.0 Å². The Morgan fingerprint density at radius 2 is 1.81 bits per heavy atom. The second-order valence-corrected chi connectivity index (χ2v) is 8.21. The molecule has 31 heavy (non-hydrogen) atoms. The topological polar surface area (TPSA) is 75.2 Å². The lowest BCUT2D eigenvalue weighted by molar-refractivity contribution is -0.126. The van der Waals surface area contributed by atoms with Crippen molar-refractivity contribution < 1.29 is 14.0 Å². The van der Waals surface area contributed by atoms with Gasteiger partial charge < -0.3 is 10.2 Å². The molecule has 1 heterocycles. The van der Waals surface area contributed by atoms with Crippen LogP contribution in [0.15, 0.2) is 60.0 Å². The minimum absolute atomic E-state index is 0.0910. The third kappa shape index (κ3) is 4.96. The highest BCUT2D eigenvalue weighted by atomic mass is 32.1. The van der Waals surface area contributed by atoms with Crippen molar-refractivity contribution in [1.29, 1.82) is 0 Å². The van der Waals surface area contributed by atoms with Crippen LogP contribution in [0.1, 0.15) is 53.3 Å². The smallest absolute Gasteiger partial charge is 0.276 e. The Balaban J connectivity index is 1.68. The molecule has 1 aliphatic carbocycles. The highest BCUT2D eigenvalue weighted by Gasteiger charge is 2.38. The predicted molar refractivity (Wildman–Crippen MR) is 116 cm³/mol. The van der Waals surface area contributed by atoms with Gasteiger partial charge >= 0.3 is 0 Å². The summed E-state index contributed by atoms with van der Waals surface area (Å²) in [5, 5.41) is 8.48. The lowest BCUT2D eigenvalue weighted by Crippen LogP contribution is -2.48. The van der Waals surface area contributed by atoms with Gasteiger partial charge in [0.2, 0.25) is 5.91 Å². The first-order valence-corrected chi connectivity index (χ1v) is 11.1. The second-order valence-electron chi connectivity index (χ2n) is 7.60. The normalized spacial score (nSPS) is 14.9. The third-order valence-electron chi connectivity index (χ3n) is 5.55. The van der Waals surface area contributed by atoms with E-state index in [1.54, 1.807) is 22.4 Å². The minimum Gasteiger partial charge on any atom is -0.350 e. The molecule has 160 valence electrons. The summed E-state index contributed by atoms with van der Waals surface area (Å²) in [6.45, 7) is 0.336. The van der Waals surface area contributed by atoms with Gasteiger partial charge in [0.15, 0.2) is 5.69 Å². The maximum absolute atomic E-state index is 13.6. The van der Waals surface area contributed by atoms with Gasteiger partial charge in [-0.1, -0.05) is 59.8 Å². The Kier molecular flexibility index (Phi) is 6.66. The van der Waals surface area contributed by atoms with Crippen molar-refractivity contribution in [2.75, 3.05) is 0 Å². The summed E-state index contributed by atoms with van der Waals surface area (Å²) in [7, 11) is 0. The first-order chi connectivity index (χ1) is 15.1. The molecule has 8 heteroatoms. The number of amides is 2. The van der Waals surface area contributed by atoms with Crippen LogP contribution in [0.2, 0.25) is 0 Å². The Bertz CT molecular complexity index is 1010. The van der Waals surface area contributed by atoms with Gasteiger partial charge in [0.25, 0.3) is 5.91 Å². The number of hydrogen-bond donors (Lipinski definition) is 1. The fraction of sp³-hybridized carbons (Fsp3) is 0.304. The molecule has 0 radical (unpaired) electrons. The molecule has 0 unspecified atom stereocenters. The highest BCUT2D eigenvalue weighted by Crippen LogP contribution is 2.33. The molecule has 1 saturated carbocycles. The van der Waals surface area contributed by atoms with E-state index < -0.39 is 11.9 Å². The Morgan fingerprint density at radius 1 is 1.10 bits per heavy atom. The molecule has 0 spiro atoms. The van der Waals surface area contributed by atoms with E-state index in [4.69, 9.17) is 0 Å². The van der Waals surface area contributed by atoms with Crippen LogP contribution in [0.5, 0.6) is 0 Å². The van der Waals surface area contributed by atoms with Crippen LogP contribution in [0, 0.1) is 5.82 Å². The molecule has 0 bridgehead atoms. The number of carbonyl (C=O) groups is 2. The molecule has 2 aromatic carbocycles.